The highest BCUT2D eigenvalue weighted by molar-refractivity contribution is 5.77. The number of amides is 1. The minimum absolute atomic E-state index is 0.0261. The standard InChI is InChI=1S/C12H20N4O2/c1-9-15-12(18-16-9)6-7-13-11(17)8-14-10-4-2-3-5-10/h10,14H,2-8H2,1H3,(H,13,17). The lowest BCUT2D eigenvalue weighted by atomic mass is 10.2. The maximum absolute atomic E-state index is 11.6. The molecule has 0 unspecified atom stereocenters. The molecule has 0 atom stereocenters. The highest BCUT2D eigenvalue weighted by Crippen LogP contribution is 2.17. The monoisotopic (exact) mass is 252 g/mol. The van der Waals surface area contributed by atoms with Crippen LogP contribution in [0.4, 0.5) is 0 Å². The van der Waals surface area contributed by atoms with E-state index in [4.69, 9.17) is 4.52 Å². The van der Waals surface area contributed by atoms with Gasteiger partial charge in [-0.25, -0.2) is 0 Å². The summed E-state index contributed by atoms with van der Waals surface area (Å²) in [6, 6.07) is 0.523. The molecule has 6 nitrogen and oxygen atoms in total. The summed E-state index contributed by atoms with van der Waals surface area (Å²) >= 11 is 0. The zero-order valence-corrected chi connectivity index (χ0v) is 10.7. The molecule has 1 saturated carbocycles. The molecule has 0 saturated heterocycles. The van der Waals surface area contributed by atoms with E-state index in [1.807, 2.05) is 0 Å². The first-order chi connectivity index (χ1) is 8.74. The van der Waals surface area contributed by atoms with Gasteiger partial charge in [0.25, 0.3) is 0 Å². The van der Waals surface area contributed by atoms with E-state index in [9.17, 15) is 4.79 Å². The molecule has 1 aromatic heterocycles. The van der Waals surface area contributed by atoms with Crippen LogP contribution < -0.4 is 10.6 Å². The molecule has 0 bridgehead atoms. The summed E-state index contributed by atoms with van der Waals surface area (Å²) in [5.74, 6) is 1.22. The molecule has 18 heavy (non-hydrogen) atoms. The van der Waals surface area contributed by atoms with Gasteiger partial charge in [0.05, 0.1) is 6.54 Å². The van der Waals surface area contributed by atoms with Crippen molar-refractivity contribution in [2.75, 3.05) is 13.1 Å². The molecule has 2 N–H and O–H groups in total. The second kappa shape index (κ2) is 6.49. The summed E-state index contributed by atoms with van der Waals surface area (Å²) in [5, 5.41) is 9.80. The third-order valence-electron chi connectivity index (χ3n) is 3.14. The predicted molar refractivity (Wildman–Crippen MR) is 66.0 cm³/mol. The molecule has 0 aliphatic heterocycles. The first kappa shape index (κ1) is 13.0. The van der Waals surface area contributed by atoms with Gasteiger partial charge in [-0.3, -0.25) is 4.79 Å². The summed E-state index contributed by atoms with van der Waals surface area (Å²) in [4.78, 5) is 15.6. The lowest BCUT2D eigenvalue weighted by Crippen LogP contribution is -2.38. The summed E-state index contributed by atoms with van der Waals surface area (Å²) in [5.41, 5.74) is 0. The number of rotatable bonds is 6. The van der Waals surface area contributed by atoms with Crippen LogP contribution in [-0.4, -0.2) is 35.2 Å². The Hall–Kier alpha value is -1.43. The smallest absolute Gasteiger partial charge is 0.233 e. The maximum atomic E-state index is 11.6. The highest BCUT2D eigenvalue weighted by atomic mass is 16.5. The van der Waals surface area contributed by atoms with Gasteiger partial charge in [0.1, 0.15) is 0 Å². The van der Waals surface area contributed by atoms with Crippen LogP contribution in [0.15, 0.2) is 4.52 Å². The summed E-state index contributed by atoms with van der Waals surface area (Å²) in [7, 11) is 0. The number of nitrogens with zero attached hydrogens (tertiary/aromatic N) is 2. The zero-order valence-electron chi connectivity index (χ0n) is 10.7. The van der Waals surface area contributed by atoms with Crippen molar-refractivity contribution in [2.24, 2.45) is 0 Å². The van der Waals surface area contributed by atoms with E-state index < -0.39 is 0 Å². The van der Waals surface area contributed by atoms with Gasteiger partial charge in [-0.1, -0.05) is 18.0 Å². The molecular weight excluding hydrogens is 232 g/mol. The van der Waals surface area contributed by atoms with Crippen molar-refractivity contribution in [3.8, 4) is 0 Å². The number of aromatic nitrogens is 2. The van der Waals surface area contributed by atoms with Crippen LogP contribution >= 0.6 is 0 Å². The molecule has 0 aromatic carbocycles. The van der Waals surface area contributed by atoms with Crippen molar-refractivity contribution in [1.82, 2.24) is 20.8 Å². The minimum atomic E-state index is 0.0261. The average molecular weight is 252 g/mol. The number of carbonyl (C=O) groups is 1. The van der Waals surface area contributed by atoms with Gasteiger partial charge in [0.2, 0.25) is 11.8 Å². The molecule has 1 aliphatic carbocycles. The minimum Gasteiger partial charge on any atom is -0.354 e. The molecule has 1 aromatic rings. The van der Waals surface area contributed by atoms with E-state index in [0.29, 0.717) is 37.3 Å². The van der Waals surface area contributed by atoms with Gasteiger partial charge in [-0.15, -0.1) is 0 Å². The Morgan fingerprint density at radius 2 is 2.22 bits per heavy atom. The van der Waals surface area contributed by atoms with E-state index in [1.165, 1.54) is 25.7 Å². The summed E-state index contributed by atoms with van der Waals surface area (Å²) < 4.78 is 4.96. The average Bonchev–Trinajstić information content (AvgIpc) is 2.98. The maximum Gasteiger partial charge on any atom is 0.233 e. The first-order valence-corrected chi connectivity index (χ1v) is 6.53. The van der Waals surface area contributed by atoms with Gasteiger partial charge in [-0.2, -0.15) is 4.98 Å². The fraction of sp³-hybridized carbons (Fsp3) is 0.750. The first-order valence-electron chi connectivity index (χ1n) is 6.53. The molecule has 100 valence electrons. The van der Waals surface area contributed by atoms with E-state index in [-0.39, 0.29) is 5.91 Å². The Labute approximate surface area is 107 Å². The third kappa shape index (κ3) is 4.10. The largest absolute Gasteiger partial charge is 0.354 e. The van der Waals surface area contributed by atoms with Crippen LogP contribution in [0.5, 0.6) is 0 Å². The van der Waals surface area contributed by atoms with Gasteiger partial charge < -0.3 is 15.2 Å². The van der Waals surface area contributed by atoms with Crippen molar-refractivity contribution < 1.29 is 9.32 Å². The van der Waals surface area contributed by atoms with Crippen molar-refractivity contribution in [3.05, 3.63) is 11.7 Å². The molecule has 1 heterocycles. The van der Waals surface area contributed by atoms with Crippen LogP contribution in [0.3, 0.4) is 0 Å². The number of hydrogen-bond donors (Lipinski definition) is 2. The molecular formula is C12H20N4O2. The lowest BCUT2D eigenvalue weighted by molar-refractivity contribution is -0.120. The van der Waals surface area contributed by atoms with Crippen molar-refractivity contribution in [3.63, 3.8) is 0 Å². The highest BCUT2D eigenvalue weighted by Gasteiger charge is 2.15. The molecule has 0 radical (unpaired) electrons. The number of aryl methyl sites for hydroxylation is 1. The van der Waals surface area contributed by atoms with Crippen molar-refractivity contribution >= 4 is 5.91 Å². The quantitative estimate of drug-likeness (QED) is 0.773. The van der Waals surface area contributed by atoms with E-state index in [1.54, 1.807) is 6.92 Å². The third-order valence-corrected chi connectivity index (χ3v) is 3.14. The summed E-state index contributed by atoms with van der Waals surface area (Å²) in [6.45, 7) is 2.71. The molecule has 1 amide bonds. The fourth-order valence-electron chi connectivity index (χ4n) is 2.18. The lowest BCUT2D eigenvalue weighted by Gasteiger charge is -2.11. The van der Waals surface area contributed by atoms with Gasteiger partial charge in [0.15, 0.2) is 5.82 Å². The van der Waals surface area contributed by atoms with Crippen LogP contribution in [-0.2, 0) is 11.2 Å². The molecule has 6 heteroatoms. The van der Waals surface area contributed by atoms with Gasteiger partial charge in [0, 0.05) is 19.0 Å². The molecule has 1 aliphatic rings. The van der Waals surface area contributed by atoms with Gasteiger partial charge >= 0.3 is 0 Å². The Bertz CT molecular complexity index is 385. The van der Waals surface area contributed by atoms with Gasteiger partial charge in [-0.05, 0) is 19.8 Å². The van der Waals surface area contributed by atoms with Crippen LogP contribution in [0, 0.1) is 6.92 Å². The normalized spacial score (nSPS) is 16.1. The van der Waals surface area contributed by atoms with Crippen LogP contribution in [0.1, 0.15) is 37.4 Å². The Morgan fingerprint density at radius 3 is 2.89 bits per heavy atom. The number of nitrogens with one attached hydrogen (secondary N) is 2. The second-order valence-corrected chi connectivity index (χ2v) is 4.70. The Morgan fingerprint density at radius 1 is 1.44 bits per heavy atom. The number of hydrogen-bond acceptors (Lipinski definition) is 5. The second-order valence-electron chi connectivity index (χ2n) is 4.70. The van der Waals surface area contributed by atoms with E-state index in [2.05, 4.69) is 20.8 Å². The van der Waals surface area contributed by atoms with Crippen molar-refractivity contribution in [1.29, 1.82) is 0 Å². The Balaban J connectivity index is 1.57. The molecule has 2 rings (SSSR count). The number of carbonyl (C=O) groups excluding carboxylic acids is 1. The summed E-state index contributed by atoms with van der Waals surface area (Å²) in [6.07, 6.45) is 5.50. The van der Waals surface area contributed by atoms with Crippen molar-refractivity contribution in [2.45, 2.75) is 45.1 Å². The predicted octanol–water partition coefficient (Wildman–Crippen LogP) is 0.569. The fourth-order valence-corrected chi connectivity index (χ4v) is 2.18. The zero-order chi connectivity index (χ0) is 12.8. The van der Waals surface area contributed by atoms with E-state index in [0.717, 1.165) is 0 Å². The van der Waals surface area contributed by atoms with Crippen LogP contribution in [0.25, 0.3) is 0 Å². The molecule has 1 fully saturated rings. The SMILES string of the molecule is Cc1noc(CCNC(=O)CNC2CCCC2)n1. The Kier molecular flexibility index (Phi) is 4.69. The molecule has 0 spiro atoms. The van der Waals surface area contributed by atoms with Crippen LogP contribution in [0.2, 0.25) is 0 Å². The topological polar surface area (TPSA) is 80.0 Å². The van der Waals surface area contributed by atoms with E-state index >= 15 is 0 Å².